The summed E-state index contributed by atoms with van der Waals surface area (Å²) in [5.74, 6) is 2.52. The maximum atomic E-state index is 5.79. The normalized spacial score (nSPS) is 20.1. The van der Waals surface area contributed by atoms with Gasteiger partial charge in [0.25, 0.3) is 0 Å². The minimum Gasteiger partial charge on any atom is -0.496 e. The van der Waals surface area contributed by atoms with Crippen molar-refractivity contribution in [1.82, 2.24) is 0 Å². The second kappa shape index (κ2) is 8.39. The Kier molecular flexibility index (Phi) is 5.71. The van der Waals surface area contributed by atoms with Gasteiger partial charge in [0.15, 0.2) is 0 Å². The molecule has 28 heavy (non-hydrogen) atoms. The van der Waals surface area contributed by atoms with Crippen LogP contribution in [0.25, 0.3) is 21.9 Å². The molecule has 1 aliphatic carbocycles. The molecule has 0 N–H and O–H groups in total. The van der Waals surface area contributed by atoms with Crippen LogP contribution < -0.4 is 4.74 Å². The van der Waals surface area contributed by atoms with Crippen LogP contribution in [0.5, 0.6) is 5.75 Å². The van der Waals surface area contributed by atoms with Crippen LogP contribution in [-0.4, -0.2) is 7.11 Å². The molecule has 3 aromatic carbocycles. The Morgan fingerprint density at radius 1 is 0.893 bits per heavy atom. The van der Waals surface area contributed by atoms with Crippen molar-refractivity contribution >= 4 is 10.8 Å². The molecule has 1 saturated carbocycles. The Labute approximate surface area is 169 Å². The van der Waals surface area contributed by atoms with Crippen molar-refractivity contribution in [1.29, 1.82) is 0 Å². The van der Waals surface area contributed by atoms with Gasteiger partial charge in [0, 0.05) is 5.56 Å². The van der Waals surface area contributed by atoms with E-state index in [4.69, 9.17) is 4.74 Å². The molecule has 146 valence electrons. The van der Waals surface area contributed by atoms with E-state index in [2.05, 4.69) is 68.4 Å². The highest BCUT2D eigenvalue weighted by Crippen LogP contribution is 2.41. The van der Waals surface area contributed by atoms with E-state index in [0.717, 1.165) is 11.7 Å². The summed E-state index contributed by atoms with van der Waals surface area (Å²) in [6, 6.07) is 20.1. The van der Waals surface area contributed by atoms with E-state index < -0.39 is 0 Å². The third kappa shape index (κ3) is 3.68. The number of ether oxygens (including phenoxy) is 1. The van der Waals surface area contributed by atoms with Crippen molar-refractivity contribution < 1.29 is 4.74 Å². The first-order valence-electron chi connectivity index (χ1n) is 10.9. The molecule has 1 heteroatoms. The maximum Gasteiger partial charge on any atom is 0.126 e. The standard InChI is InChI=1S/C27H32O/c1-4-20-10-5-6-11-21(17-20)22-15-16-27(28-3)26(18-22)25-14-8-12-23-19(2)9-7-13-24(23)25/h7-9,12-16,18,20-21H,4-6,10-11,17H2,1-3H3. The number of hydrogen-bond acceptors (Lipinski definition) is 1. The quantitative estimate of drug-likeness (QED) is 0.423. The van der Waals surface area contributed by atoms with Crippen LogP contribution >= 0.6 is 0 Å². The summed E-state index contributed by atoms with van der Waals surface area (Å²) in [7, 11) is 1.79. The number of benzene rings is 3. The van der Waals surface area contributed by atoms with Gasteiger partial charge in [0.2, 0.25) is 0 Å². The predicted octanol–water partition coefficient (Wildman–Crippen LogP) is 7.90. The van der Waals surface area contributed by atoms with E-state index in [1.165, 1.54) is 71.6 Å². The highest BCUT2D eigenvalue weighted by atomic mass is 16.5. The lowest BCUT2D eigenvalue weighted by molar-refractivity contribution is 0.413. The van der Waals surface area contributed by atoms with Crippen LogP contribution in [0.4, 0.5) is 0 Å². The van der Waals surface area contributed by atoms with Crippen molar-refractivity contribution in [2.45, 2.75) is 58.3 Å². The molecule has 0 bridgehead atoms. The lowest BCUT2D eigenvalue weighted by Crippen LogP contribution is -2.05. The summed E-state index contributed by atoms with van der Waals surface area (Å²) in [6.45, 7) is 4.54. The van der Waals surface area contributed by atoms with Crippen molar-refractivity contribution in [3.8, 4) is 16.9 Å². The Balaban J connectivity index is 1.81. The Morgan fingerprint density at radius 3 is 2.50 bits per heavy atom. The van der Waals surface area contributed by atoms with Gasteiger partial charge in [0.1, 0.15) is 5.75 Å². The lowest BCUT2D eigenvalue weighted by Gasteiger charge is -2.21. The minimum atomic E-state index is 0.675. The maximum absolute atomic E-state index is 5.79. The molecule has 2 unspecified atom stereocenters. The lowest BCUT2D eigenvalue weighted by atomic mass is 9.85. The predicted molar refractivity (Wildman–Crippen MR) is 120 cm³/mol. The molecule has 4 rings (SSSR count). The van der Waals surface area contributed by atoms with Crippen LogP contribution in [0.3, 0.4) is 0 Å². The van der Waals surface area contributed by atoms with E-state index in [-0.39, 0.29) is 0 Å². The number of aryl methyl sites for hydroxylation is 1. The van der Waals surface area contributed by atoms with Gasteiger partial charge in [0.05, 0.1) is 7.11 Å². The van der Waals surface area contributed by atoms with E-state index in [9.17, 15) is 0 Å². The summed E-state index contributed by atoms with van der Waals surface area (Å²) in [5, 5.41) is 2.64. The highest BCUT2D eigenvalue weighted by molar-refractivity contribution is 5.99. The molecule has 0 aromatic heterocycles. The largest absolute Gasteiger partial charge is 0.496 e. The zero-order valence-electron chi connectivity index (χ0n) is 17.5. The topological polar surface area (TPSA) is 9.23 Å². The summed E-state index contributed by atoms with van der Waals surface area (Å²) in [4.78, 5) is 0. The summed E-state index contributed by atoms with van der Waals surface area (Å²) in [5.41, 5.74) is 5.32. The Morgan fingerprint density at radius 2 is 1.68 bits per heavy atom. The summed E-state index contributed by atoms with van der Waals surface area (Å²) >= 11 is 0. The van der Waals surface area contributed by atoms with Gasteiger partial charge in [-0.1, -0.05) is 75.1 Å². The summed E-state index contributed by atoms with van der Waals surface area (Å²) in [6.07, 6.45) is 8.10. The molecule has 0 aliphatic heterocycles. The first-order valence-corrected chi connectivity index (χ1v) is 10.9. The van der Waals surface area contributed by atoms with Crippen molar-refractivity contribution in [2.24, 2.45) is 5.92 Å². The van der Waals surface area contributed by atoms with Crippen molar-refractivity contribution in [3.63, 3.8) is 0 Å². The van der Waals surface area contributed by atoms with Gasteiger partial charge in [-0.15, -0.1) is 0 Å². The van der Waals surface area contributed by atoms with Crippen LogP contribution in [0.2, 0.25) is 0 Å². The smallest absolute Gasteiger partial charge is 0.126 e. The Hall–Kier alpha value is -2.28. The molecule has 3 aromatic rings. The number of fused-ring (bicyclic) bond motifs is 1. The third-order valence-corrected chi connectivity index (χ3v) is 6.74. The van der Waals surface area contributed by atoms with Crippen LogP contribution in [0, 0.1) is 12.8 Å². The molecular weight excluding hydrogens is 340 g/mol. The van der Waals surface area contributed by atoms with Gasteiger partial charge in [-0.2, -0.15) is 0 Å². The molecule has 2 atom stereocenters. The molecule has 0 amide bonds. The number of methoxy groups -OCH3 is 1. The number of rotatable bonds is 4. The SMILES string of the molecule is CCC1CCCCC(c2ccc(OC)c(-c3cccc4c(C)cccc34)c2)C1. The second-order valence-electron chi connectivity index (χ2n) is 8.43. The van der Waals surface area contributed by atoms with Gasteiger partial charge in [-0.3, -0.25) is 0 Å². The van der Waals surface area contributed by atoms with Crippen LogP contribution in [0.1, 0.15) is 62.5 Å². The molecule has 1 aliphatic rings. The molecular formula is C27H32O. The third-order valence-electron chi connectivity index (χ3n) is 6.74. The highest BCUT2D eigenvalue weighted by Gasteiger charge is 2.22. The van der Waals surface area contributed by atoms with Crippen molar-refractivity contribution in [2.75, 3.05) is 7.11 Å². The molecule has 0 spiro atoms. The minimum absolute atomic E-state index is 0.675. The van der Waals surface area contributed by atoms with Gasteiger partial charge < -0.3 is 4.74 Å². The molecule has 1 nitrogen and oxygen atoms in total. The molecule has 0 heterocycles. The molecule has 0 saturated heterocycles. The molecule has 0 radical (unpaired) electrons. The van der Waals surface area contributed by atoms with Gasteiger partial charge in [-0.25, -0.2) is 0 Å². The zero-order valence-corrected chi connectivity index (χ0v) is 17.5. The van der Waals surface area contributed by atoms with Crippen LogP contribution in [-0.2, 0) is 0 Å². The van der Waals surface area contributed by atoms with E-state index >= 15 is 0 Å². The first kappa shape index (κ1) is 19.1. The van der Waals surface area contributed by atoms with E-state index in [1.54, 1.807) is 7.11 Å². The van der Waals surface area contributed by atoms with E-state index in [0.29, 0.717) is 5.92 Å². The fraction of sp³-hybridized carbons (Fsp3) is 0.407. The number of hydrogen-bond donors (Lipinski definition) is 0. The fourth-order valence-electron chi connectivity index (χ4n) is 5.03. The van der Waals surface area contributed by atoms with Gasteiger partial charge in [-0.05, 0) is 71.2 Å². The average Bonchev–Trinajstić information content (AvgIpc) is 2.99. The van der Waals surface area contributed by atoms with Crippen LogP contribution in [0.15, 0.2) is 54.6 Å². The van der Waals surface area contributed by atoms with E-state index in [1.807, 2.05) is 0 Å². The zero-order chi connectivity index (χ0) is 19.5. The second-order valence-corrected chi connectivity index (χ2v) is 8.43. The average molecular weight is 373 g/mol. The monoisotopic (exact) mass is 372 g/mol. The van der Waals surface area contributed by atoms with Gasteiger partial charge >= 0.3 is 0 Å². The summed E-state index contributed by atoms with van der Waals surface area (Å²) < 4.78 is 5.79. The Bertz CT molecular complexity index is 956. The molecule has 1 fully saturated rings. The fourth-order valence-corrected chi connectivity index (χ4v) is 5.03. The first-order chi connectivity index (χ1) is 13.7. The van der Waals surface area contributed by atoms with Crippen molar-refractivity contribution in [3.05, 3.63) is 65.7 Å².